The number of para-hydroxylation sites is 2. The fraction of sp³-hybridized carbons (Fsp3) is 0. The van der Waals surface area contributed by atoms with E-state index in [-0.39, 0.29) is 0 Å². The van der Waals surface area contributed by atoms with E-state index in [0.717, 1.165) is 76.7 Å². The Bertz CT molecular complexity index is 3440. The smallest absolute Gasteiger partial charge is 0.235 e. The van der Waals surface area contributed by atoms with Gasteiger partial charge in [-0.25, -0.2) is 9.97 Å². The Labute approximate surface area is 294 Å². The normalized spacial score (nSPS) is 12.3. The second-order valence-corrected chi connectivity index (χ2v) is 14.4. The number of furan rings is 1. The van der Waals surface area contributed by atoms with Crippen molar-refractivity contribution in [3.8, 4) is 17.2 Å². The van der Waals surface area contributed by atoms with E-state index < -0.39 is 0 Å². The molecular weight excluding hydrogens is 643 g/mol. The van der Waals surface area contributed by atoms with Crippen LogP contribution in [-0.2, 0) is 0 Å². The van der Waals surface area contributed by atoms with Crippen LogP contribution in [0, 0.1) is 0 Å². The first-order chi connectivity index (χ1) is 25.3. The van der Waals surface area contributed by atoms with Gasteiger partial charge in [0.2, 0.25) is 5.95 Å². The van der Waals surface area contributed by atoms with Gasteiger partial charge in [-0.3, -0.25) is 4.57 Å². The van der Waals surface area contributed by atoms with Crippen molar-refractivity contribution >= 4 is 108 Å². The summed E-state index contributed by atoms with van der Waals surface area (Å²) in [7, 11) is 0. The summed E-state index contributed by atoms with van der Waals surface area (Å²) in [4.78, 5) is 10.9. The second-order valence-electron chi connectivity index (χ2n) is 13.3. The minimum absolute atomic E-state index is 0.618. The molecule has 5 heteroatoms. The van der Waals surface area contributed by atoms with E-state index in [2.05, 4.69) is 150 Å². The molecule has 0 aliphatic carbocycles. The van der Waals surface area contributed by atoms with Crippen molar-refractivity contribution < 1.29 is 4.42 Å². The van der Waals surface area contributed by atoms with Gasteiger partial charge in [-0.05, 0) is 46.5 Å². The van der Waals surface area contributed by atoms with E-state index in [1.54, 1.807) is 0 Å². The van der Waals surface area contributed by atoms with Crippen molar-refractivity contribution in [2.24, 2.45) is 0 Å². The van der Waals surface area contributed by atoms with Gasteiger partial charge in [-0.1, -0.05) is 121 Å². The predicted molar refractivity (Wildman–Crippen MR) is 214 cm³/mol. The Morgan fingerprint density at radius 3 is 2.04 bits per heavy atom. The van der Waals surface area contributed by atoms with Gasteiger partial charge >= 0.3 is 0 Å². The molecular formula is C46H25N3OS. The van der Waals surface area contributed by atoms with E-state index in [9.17, 15) is 0 Å². The summed E-state index contributed by atoms with van der Waals surface area (Å²) in [5.74, 6) is 0.618. The first-order valence-corrected chi connectivity index (χ1v) is 18.0. The minimum atomic E-state index is 0.618. The van der Waals surface area contributed by atoms with Crippen molar-refractivity contribution in [3.63, 3.8) is 0 Å². The third-order valence-corrected chi connectivity index (χ3v) is 11.7. The summed E-state index contributed by atoms with van der Waals surface area (Å²) in [6, 6.07) is 53.9. The third-order valence-electron chi connectivity index (χ3n) is 10.6. The van der Waals surface area contributed by atoms with Crippen LogP contribution in [0.1, 0.15) is 0 Å². The van der Waals surface area contributed by atoms with Gasteiger partial charge in [0.1, 0.15) is 11.1 Å². The van der Waals surface area contributed by atoms with Gasteiger partial charge in [0, 0.05) is 58.1 Å². The standard InChI is InChI=1S/C46H25N3OS/c1-2-12-28-26(11-1)21-23-34-40-30-14-3-4-15-31(30)41-33-17-6-9-19-37(33)50-45(41)44(40)49(43(28)34)46-47-36-18-8-5-16-32(36)42(48-46)27-22-24-39-35(25-27)29-13-7-10-20-38(29)51-39/h1-25H. The Kier molecular flexibility index (Phi) is 5.35. The van der Waals surface area contributed by atoms with Crippen LogP contribution < -0.4 is 0 Å². The van der Waals surface area contributed by atoms with Crippen LogP contribution in [0.15, 0.2) is 156 Å². The first-order valence-electron chi connectivity index (χ1n) is 17.2. The summed E-state index contributed by atoms with van der Waals surface area (Å²) >= 11 is 1.83. The van der Waals surface area contributed by atoms with Crippen molar-refractivity contribution in [3.05, 3.63) is 152 Å². The molecule has 0 radical (unpaired) electrons. The van der Waals surface area contributed by atoms with Crippen LogP contribution in [0.5, 0.6) is 0 Å². The van der Waals surface area contributed by atoms with Crippen molar-refractivity contribution in [1.29, 1.82) is 0 Å². The summed E-state index contributed by atoms with van der Waals surface area (Å²) < 4.78 is 11.7. The van der Waals surface area contributed by atoms with Gasteiger partial charge in [0.25, 0.3) is 0 Å². The predicted octanol–water partition coefficient (Wildman–Crippen LogP) is 13.0. The fourth-order valence-corrected chi connectivity index (χ4v) is 9.48. The molecule has 0 unspecified atom stereocenters. The number of benzene rings is 8. The highest BCUT2D eigenvalue weighted by atomic mass is 32.1. The SMILES string of the molecule is c1ccc2c(c1)ccc1c3c4ccccc4c4c5ccccc5oc4c3n(-c3nc(-c4ccc5sc6ccccc6c5c4)c4ccccc4n3)c21. The van der Waals surface area contributed by atoms with E-state index >= 15 is 0 Å². The lowest BCUT2D eigenvalue weighted by molar-refractivity contribution is 0.671. The number of nitrogens with zero attached hydrogens (tertiary/aromatic N) is 3. The molecule has 51 heavy (non-hydrogen) atoms. The van der Waals surface area contributed by atoms with Crippen LogP contribution in [0.3, 0.4) is 0 Å². The average Bonchev–Trinajstić information content (AvgIpc) is 3.87. The first kappa shape index (κ1) is 27.3. The number of aromatic nitrogens is 3. The number of fused-ring (bicyclic) bond motifs is 16. The Morgan fingerprint density at radius 1 is 0.471 bits per heavy atom. The summed E-state index contributed by atoms with van der Waals surface area (Å²) in [6.07, 6.45) is 0. The molecule has 8 aromatic carbocycles. The van der Waals surface area contributed by atoms with Gasteiger partial charge in [-0.2, -0.15) is 0 Å². The van der Waals surface area contributed by atoms with Crippen LogP contribution in [-0.4, -0.2) is 14.5 Å². The molecule has 4 heterocycles. The molecule has 0 saturated carbocycles. The monoisotopic (exact) mass is 667 g/mol. The molecule has 0 bridgehead atoms. The van der Waals surface area contributed by atoms with E-state index in [1.807, 2.05) is 17.4 Å². The molecule has 12 rings (SSSR count). The molecule has 4 aromatic heterocycles. The van der Waals surface area contributed by atoms with E-state index in [0.29, 0.717) is 5.95 Å². The molecule has 236 valence electrons. The molecule has 0 saturated heterocycles. The summed E-state index contributed by atoms with van der Waals surface area (Å²) in [6.45, 7) is 0. The molecule has 0 amide bonds. The topological polar surface area (TPSA) is 43.9 Å². The van der Waals surface area contributed by atoms with Crippen LogP contribution in [0.2, 0.25) is 0 Å². The van der Waals surface area contributed by atoms with Crippen molar-refractivity contribution in [1.82, 2.24) is 14.5 Å². The maximum absolute atomic E-state index is 6.88. The van der Waals surface area contributed by atoms with Gasteiger partial charge in [0.05, 0.1) is 16.7 Å². The van der Waals surface area contributed by atoms with Gasteiger partial charge in [0.15, 0.2) is 5.58 Å². The molecule has 12 aromatic rings. The number of hydrogen-bond acceptors (Lipinski definition) is 4. The van der Waals surface area contributed by atoms with Crippen molar-refractivity contribution in [2.45, 2.75) is 0 Å². The summed E-state index contributed by atoms with van der Waals surface area (Å²) in [5.41, 5.74) is 6.62. The molecule has 0 spiro atoms. The lowest BCUT2D eigenvalue weighted by Crippen LogP contribution is -2.04. The number of rotatable bonds is 2. The van der Waals surface area contributed by atoms with E-state index in [4.69, 9.17) is 14.4 Å². The van der Waals surface area contributed by atoms with E-state index in [1.165, 1.54) is 30.9 Å². The summed E-state index contributed by atoms with van der Waals surface area (Å²) in [5, 5.41) is 12.7. The van der Waals surface area contributed by atoms with Crippen molar-refractivity contribution in [2.75, 3.05) is 0 Å². The molecule has 0 aliphatic rings. The minimum Gasteiger partial charge on any atom is -0.454 e. The maximum atomic E-state index is 6.88. The molecule has 4 nitrogen and oxygen atoms in total. The quantitative estimate of drug-likeness (QED) is 0.184. The zero-order valence-corrected chi connectivity index (χ0v) is 27.9. The lowest BCUT2D eigenvalue weighted by Gasteiger charge is -2.13. The Hall–Kier alpha value is -6.56. The molecule has 0 fully saturated rings. The highest BCUT2D eigenvalue weighted by Crippen LogP contribution is 2.47. The average molecular weight is 668 g/mol. The Morgan fingerprint density at radius 2 is 1.16 bits per heavy atom. The zero-order chi connectivity index (χ0) is 33.2. The second kappa shape index (κ2) is 10.0. The number of thiophene rings is 1. The third kappa shape index (κ3) is 3.68. The molecule has 0 N–H and O–H groups in total. The highest BCUT2D eigenvalue weighted by Gasteiger charge is 2.26. The lowest BCUT2D eigenvalue weighted by atomic mass is 9.98. The highest BCUT2D eigenvalue weighted by molar-refractivity contribution is 7.25. The largest absolute Gasteiger partial charge is 0.454 e. The zero-order valence-electron chi connectivity index (χ0n) is 27.1. The van der Waals surface area contributed by atoms with Crippen LogP contribution in [0.4, 0.5) is 0 Å². The fourth-order valence-electron chi connectivity index (χ4n) is 8.39. The number of hydrogen-bond donors (Lipinski definition) is 0. The molecule has 0 atom stereocenters. The maximum Gasteiger partial charge on any atom is 0.235 e. The Balaban J connectivity index is 1.29. The molecule has 0 aliphatic heterocycles. The van der Waals surface area contributed by atoms with Gasteiger partial charge < -0.3 is 4.42 Å². The van der Waals surface area contributed by atoms with Crippen LogP contribution in [0.25, 0.3) is 114 Å². The van der Waals surface area contributed by atoms with Gasteiger partial charge in [-0.15, -0.1) is 11.3 Å². The van der Waals surface area contributed by atoms with Crippen LogP contribution >= 0.6 is 11.3 Å².